The Balaban J connectivity index is 2.18. The summed E-state index contributed by atoms with van der Waals surface area (Å²) in [5.74, 6) is 1.50. The summed E-state index contributed by atoms with van der Waals surface area (Å²) in [6.07, 6.45) is 4.37. The lowest BCUT2D eigenvalue weighted by atomic mass is 10.1. The SMILES string of the molecule is CC1CC(C)N(c2cnc(C(N)=NO)cn2)C1. The normalized spacial score (nSPS) is 25.3. The van der Waals surface area contributed by atoms with Crippen molar-refractivity contribution in [3.05, 3.63) is 18.1 Å². The molecule has 1 aliphatic rings. The van der Waals surface area contributed by atoms with E-state index in [1.54, 1.807) is 6.20 Å². The predicted molar refractivity (Wildman–Crippen MR) is 65.1 cm³/mol. The molecule has 6 heteroatoms. The quantitative estimate of drug-likeness (QED) is 0.343. The molecule has 2 atom stereocenters. The minimum absolute atomic E-state index is 0.0214. The number of amidine groups is 1. The summed E-state index contributed by atoms with van der Waals surface area (Å²) in [5.41, 5.74) is 5.82. The molecule has 3 N–H and O–H groups in total. The van der Waals surface area contributed by atoms with Crippen LogP contribution in [0.15, 0.2) is 17.5 Å². The van der Waals surface area contributed by atoms with Gasteiger partial charge in [0.15, 0.2) is 5.84 Å². The molecule has 0 radical (unpaired) electrons. The third-order valence-corrected chi connectivity index (χ3v) is 3.09. The lowest BCUT2D eigenvalue weighted by molar-refractivity contribution is 0.318. The van der Waals surface area contributed by atoms with Crippen LogP contribution in [0.3, 0.4) is 0 Å². The Labute approximate surface area is 100 Å². The minimum atomic E-state index is -0.0214. The summed E-state index contributed by atoms with van der Waals surface area (Å²) in [7, 11) is 0. The number of nitrogens with zero attached hydrogens (tertiary/aromatic N) is 4. The van der Waals surface area contributed by atoms with E-state index < -0.39 is 0 Å². The van der Waals surface area contributed by atoms with Gasteiger partial charge in [0.2, 0.25) is 0 Å². The third-order valence-electron chi connectivity index (χ3n) is 3.09. The highest BCUT2D eigenvalue weighted by molar-refractivity contribution is 5.94. The van der Waals surface area contributed by atoms with Gasteiger partial charge in [-0.3, -0.25) is 0 Å². The molecular formula is C11H17N5O. The molecule has 0 aromatic carbocycles. The largest absolute Gasteiger partial charge is 0.409 e. The molecule has 2 unspecified atom stereocenters. The first kappa shape index (κ1) is 11.6. The molecule has 2 heterocycles. The van der Waals surface area contributed by atoms with Gasteiger partial charge in [-0.1, -0.05) is 12.1 Å². The highest BCUT2D eigenvalue weighted by Gasteiger charge is 2.27. The van der Waals surface area contributed by atoms with Crippen molar-refractivity contribution in [3.63, 3.8) is 0 Å². The van der Waals surface area contributed by atoms with Crippen LogP contribution in [0.2, 0.25) is 0 Å². The average molecular weight is 235 g/mol. The van der Waals surface area contributed by atoms with Crippen molar-refractivity contribution in [2.24, 2.45) is 16.8 Å². The van der Waals surface area contributed by atoms with Crippen molar-refractivity contribution in [2.75, 3.05) is 11.4 Å². The second kappa shape index (κ2) is 4.57. The van der Waals surface area contributed by atoms with E-state index in [0.29, 0.717) is 17.7 Å². The molecule has 1 saturated heterocycles. The number of rotatable bonds is 2. The maximum absolute atomic E-state index is 8.53. The van der Waals surface area contributed by atoms with Gasteiger partial charge in [0, 0.05) is 12.6 Å². The third kappa shape index (κ3) is 2.30. The van der Waals surface area contributed by atoms with Gasteiger partial charge in [0.05, 0.1) is 12.4 Å². The van der Waals surface area contributed by atoms with Crippen molar-refractivity contribution >= 4 is 11.7 Å². The first-order valence-corrected chi connectivity index (χ1v) is 5.68. The van der Waals surface area contributed by atoms with Crippen LogP contribution in [0.1, 0.15) is 26.0 Å². The van der Waals surface area contributed by atoms with Gasteiger partial charge in [0.1, 0.15) is 11.5 Å². The van der Waals surface area contributed by atoms with Crippen molar-refractivity contribution in [1.29, 1.82) is 0 Å². The van der Waals surface area contributed by atoms with E-state index in [9.17, 15) is 0 Å². The van der Waals surface area contributed by atoms with Crippen LogP contribution >= 0.6 is 0 Å². The molecule has 0 aliphatic carbocycles. The molecular weight excluding hydrogens is 218 g/mol. The molecule has 0 amide bonds. The van der Waals surface area contributed by atoms with Crippen molar-refractivity contribution in [2.45, 2.75) is 26.3 Å². The molecule has 1 aromatic rings. The fraction of sp³-hybridized carbons (Fsp3) is 0.545. The van der Waals surface area contributed by atoms with E-state index in [1.807, 2.05) is 0 Å². The topological polar surface area (TPSA) is 87.6 Å². The van der Waals surface area contributed by atoms with Gasteiger partial charge >= 0.3 is 0 Å². The van der Waals surface area contributed by atoms with Gasteiger partial charge in [-0.15, -0.1) is 0 Å². The maximum atomic E-state index is 8.53. The first-order chi connectivity index (χ1) is 8.11. The van der Waals surface area contributed by atoms with Crippen LogP contribution in [0.5, 0.6) is 0 Å². The fourth-order valence-electron chi connectivity index (χ4n) is 2.27. The summed E-state index contributed by atoms with van der Waals surface area (Å²) >= 11 is 0. The molecule has 0 bridgehead atoms. The first-order valence-electron chi connectivity index (χ1n) is 5.68. The number of hydrogen-bond donors (Lipinski definition) is 2. The van der Waals surface area contributed by atoms with Gasteiger partial charge in [-0.05, 0) is 19.3 Å². The average Bonchev–Trinajstić information content (AvgIpc) is 2.68. The lowest BCUT2D eigenvalue weighted by Crippen LogP contribution is -2.28. The van der Waals surface area contributed by atoms with E-state index in [-0.39, 0.29) is 5.84 Å². The highest BCUT2D eigenvalue weighted by Crippen LogP contribution is 2.26. The summed E-state index contributed by atoms with van der Waals surface area (Å²) in [4.78, 5) is 10.7. The van der Waals surface area contributed by atoms with Crippen LogP contribution in [0, 0.1) is 5.92 Å². The zero-order chi connectivity index (χ0) is 12.4. The van der Waals surface area contributed by atoms with Crippen molar-refractivity contribution in [1.82, 2.24) is 9.97 Å². The van der Waals surface area contributed by atoms with Gasteiger partial charge in [-0.2, -0.15) is 0 Å². The molecule has 17 heavy (non-hydrogen) atoms. The summed E-state index contributed by atoms with van der Waals surface area (Å²) in [5, 5.41) is 11.4. The number of aromatic nitrogens is 2. The molecule has 92 valence electrons. The minimum Gasteiger partial charge on any atom is -0.409 e. The highest BCUT2D eigenvalue weighted by atomic mass is 16.4. The number of anilines is 1. The summed E-state index contributed by atoms with van der Waals surface area (Å²) < 4.78 is 0. The van der Waals surface area contributed by atoms with Crippen molar-refractivity contribution < 1.29 is 5.21 Å². The smallest absolute Gasteiger partial charge is 0.190 e. The molecule has 1 aliphatic heterocycles. The van der Waals surface area contributed by atoms with E-state index >= 15 is 0 Å². The van der Waals surface area contributed by atoms with E-state index in [1.165, 1.54) is 12.6 Å². The molecule has 6 nitrogen and oxygen atoms in total. The van der Waals surface area contributed by atoms with Gasteiger partial charge in [0.25, 0.3) is 0 Å². The Morgan fingerprint density at radius 3 is 2.71 bits per heavy atom. The maximum Gasteiger partial charge on any atom is 0.190 e. The van der Waals surface area contributed by atoms with Crippen LogP contribution in [-0.4, -0.2) is 33.6 Å². The lowest BCUT2D eigenvalue weighted by Gasteiger charge is -2.22. The zero-order valence-electron chi connectivity index (χ0n) is 10.0. The van der Waals surface area contributed by atoms with E-state index in [2.05, 4.69) is 33.9 Å². The predicted octanol–water partition coefficient (Wildman–Crippen LogP) is 0.806. The zero-order valence-corrected chi connectivity index (χ0v) is 10.0. The molecule has 0 saturated carbocycles. The van der Waals surface area contributed by atoms with E-state index in [0.717, 1.165) is 12.4 Å². The van der Waals surface area contributed by atoms with Crippen LogP contribution in [0.4, 0.5) is 5.82 Å². The number of hydrogen-bond acceptors (Lipinski definition) is 5. The Morgan fingerprint density at radius 1 is 1.47 bits per heavy atom. The Kier molecular flexibility index (Phi) is 3.12. The van der Waals surface area contributed by atoms with Gasteiger partial charge < -0.3 is 15.8 Å². The summed E-state index contributed by atoms with van der Waals surface area (Å²) in [6, 6.07) is 0.481. The van der Waals surface area contributed by atoms with Crippen LogP contribution < -0.4 is 10.6 Å². The number of oxime groups is 1. The standard InChI is InChI=1S/C11H17N5O/c1-7-3-8(2)16(6-7)10-5-13-9(4-14-10)11(12)15-17/h4-5,7-8,17H,3,6H2,1-2H3,(H2,12,15). The molecule has 1 fully saturated rings. The number of nitrogens with two attached hydrogens (primary N) is 1. The summed E-state index contributed by atoms with van der Waals surface area (Å²) in [6.45, 7) is 5.41. The van der Waals surface area contributed by atoms with Crippen LogP contribution in [0.25, 0.3) is 0 Å². The monoisotopic (exact) mass is 235 g/mol. The molecule has 2 rings (SSSR count). The molecule has 0 spiro atoms. The second-order valence-electron chi connectivity index (χ2n) is 4.59. The second-order valence-corrected chi connectivity index (χ2v) is 4.59. The van der Waals surface area contributed by atoms with Crippen LogP contribution in [-0.2, 0) is 0 Å². The van der Waals surface area contributed by atoms with Crippen molar-refractivity contribution in [3.8, 4) is 0 Å². The van der Waals surface area contributed by atoms with E-state index in [4.69, 9.17) is 10.9 Å². The Bertz CT molecular complexity index is 416. The Morgan fingerprint density at radius 2 is 2.24 bits per heavy atom. The molecule has 1 aromatic heterocycles. The Hall–Kier alpha value is -1.85. The fourth-order valence-corrected chi connectivity index (χ4v) is 2.27. The van der Waals surface area contributed by atoms with Gasteiger partial charge in [-0.25, -0.2) is 9.97 Å².